The highest BCUT2D eigenvalue weighted by atomic mass is 16.5. The van der Waals surface area contributed by atoms with Crippen LogP contribution in [0.3, 0.4) is 0 Å². The van der Waals surface area contributed by atoms with Crippen molar-refractivity contribution >= 4 is 11.9 Å². The van der Waals surface area contributed by atoms with Crippen molar-refractivity contribution in [2.45, 2.75) is 44.6 Å². The molecule has 2 bridgehead atoms. The van der Waals surface area contributed by atoms with Crippen molar-refractivity contribution in [3.8, 4) is 0 Å². The SMILES string of the molecule is O=C(O)c1ccccc1C(=O)OC1CC2CC3(CC3)C1C21CC1. The number of carboxylic acids is 1. The lowest BCUT2D eigenvalue weighted by atomic mass is 9.82. The quantitative estimate of drug-likeness (QED) is 0.868. The molecule has 4 aliphatic rings. The molecule has 0 aromatic heterocycles. The number of rotatable bonds is 3. The monoisotopic (exact) mass is 312 g/mol. The lowest BCUT2D eigenvalue weighted by Gasteiger charge is -2.30. The number of carboxylic acid groups (broad SMARTS) is 1. The first-order chi connectivity index (χ1) is 11.1. The van der Waals surface area contributed by atoms with Crippen LogP contribution >= 0.6 is 0 Å². The molecule has 4 aliphatic carbocycles. The maximum absolute atomic E-state index is 12.6. The third-order valence-electron chi connectivity index (χ3n) is 6.99. The molecule has 3 atom stereocenters. The van der Waals surface area contributed by atoms with Gasteiger partial charge in [-0.05, 0) is 67.4 Å². The molecule has 0 radical (unpaired) electrons. The average Bonchev–Trinajstić information content (AvgIpc) is 3.42. The van der Waals surface area contributed by atoms with Gasteiger partial charge in [0, 0.05) is 5.92 Å². The van der Waals surface area contributed by atoms with Crippen LogP contribution in [0.2, 0.25) is 0 Å². The minimum absolute atomic E-state index is 0.00639. The van der Waals surface area contributed by atoms with Crippen molar-refractivity contribution in [2.24, 2.45) is 22.7 Å². The van der Waals surface area contributed by atoms with E-state index in [1.54, 1.807) is 18.2 Å². The zero-order valence-electron chi connectivity index (χ0n) is 13.0. The number of aromatic carboxylic acids is 1. The Balaban J connectivity index is 1.41. The maximum atomic E-state index is 12.6. The Bertz CT molecular complexity index is 714. The number of fused-ring (bicyclic) bond motifs is 1. The average molecular weight is 312 g/mol. The van der Waals surface area contributed by atoms with E-state index in [-0.39, 0.29) is 17.2 Å². The molecule has 0 saturated heterocycles. The first-order valence-electron chi connectivity index (χ1n) is 8.59. The summed E-state index contributed by atoms with van der Waals surface area (Å²) in [5, 5.41) is 9.26. The number of esters is 1. The van der Waals surface area contributed by atoms with Crippen LogP contribution in [-0.4, -0.2) is 23.1 Å². The third kappa shape index (κ3) is 1.72. The van der Waals surface area contributed by atoms with Gasteiger partial charge in [0.05, 0.1) is 11.1 Å². The van der Waals surface area contributed by atoms with E-state index in [2.05, 4.69) is 0 Å². The summed E-state index contributed by atoms with van der Waals surface area (Å²) < 4.78 is 5.87. The molecule has 1 N–H and O–H groups in total. The number of carbonyl (C=O) groups excluding carboxylic acids is 1. The van der Waals surface area contributed by atoms with Crippen molar-refractivity contribution in [1.29, 1.82) is 0 Å². The molecule has 5 rings (SSSR count). The van der Waals surface area contributed by atoms with Crippen molar-refractivity contribution in [3.63, 3.8) is 0 Å². The van der Waals surface area contributed by atoms with E-state index < -0.39 is 11.9 Å². The van der Waals surface area contributed by atoms with Crippen LogP contribution in [0.5, 0.6) is 0 Å². The summed E-state index contributed by atoms with van der Waals surface area (Å²) in [7, 11) is 0. The molecule has 1 aromatic rings. The van der Waals surface area contributed by atoms with E-state index in [9.17, 15) is 14.7 Å². The Labute approximate surface area is 134 Å². The number of benzene rings is 1. The zero-order chi connectivity index (χ0) is 15.8. The molecule has 2 spiro atoms. The summed E-state index contributed by atoms with van der Waals surface area (Å²) in [5.74, 6) is -0.293. The molecule has 4 fully saturated rings. The first kappa shape index (κ1) is 13.6. The third-order valence-corrected chi connectivity index (χ3v) is 6.99. The molecular weight excluding hydrogens is 292 g/mol. The smallest absolute Gasteiger partial charge is 0.339 e. The van der Waals surface area contributed by atoms with E-state index in [0.29, 0.717) is 16.7 Å². The number of carbonyl (C=O) groups is 2. The fourth-order valence-electron chi connectivity index (χ4n) is 5.89. The molecule has 1 aromatic carbocycles. The molecule has 0 heterocycles. The fraction of sp³-hybridized carbons (Fsp3) is 0.579. The number of hydrogen-bond donors (Lipinski definition) is 1. The second-order valence-corrected chi connectivity index (χ2v) is 8.00. The molecule has 4 nitrogen and oxygen atoms in total. The predicted molar refractivity (Wildman–Crippen MR) is 82.2 cm³/mol. The van der Waals surface area contributed by atoms with Crippen LogP contribution in [0.4, 0.5) is 0 Å². The lowest BCUT2D eigenvalue weighted by molar-refractivity contribution is -0.000697. The van der Waals surface area contributed by atoms with Crippen LogP contribution in [0, 0.1) is 22.7 Å². The zero-order valence-corrected chi connectivity index (χ0v) is 13.0. The Morgan fingerprint density at radius 1 is 1.09 bits per heavy atom. The van der Waals surface area contributed by atoms with Gasteiger partial charge in [-0.25, -0.2) is 9.59 Å². The Morgan fingerprint density at radius 2 is 1.78 bits per heavy atom. The minimum Gasteiger partial charge on any atom is -0.478 e. The van der Waals surface area contributed by atoms with Gasteiger partial charge in [-0.15, -0.1) is 0 Å². The standard InChI is InChI=1S/C19H20O4/c20-16(21)12-3-1-2-4-13(12)17(22)23-14-9-11-10-18(5-6-18)15(14)19(11)7-8-19/h1-4,11,14-15H,5-10H2,(H,20,21). The summed E-state index contributed by atoms with van der Waals surface area (Å²) in [5.41, 5.74) is 1.13. The molecule has 4 heteroatoms. The molecule has 0 aliphatic heterocycles. The lowest BCUT2D eigenvalue weighted by Crippen LogP contribution is -2.32. The summed E-state index contributed by atoms with van der Waals surface area (Å²) in [4.78, 5) is 23.9. The molecule has 23 heavy (non-hydrogen) atoms. The van der Waals surface area contributed by atoms with Crippen molar-refractivity contribution in [1.82, 2.24) is 0 Å². The van der Waals surface area contributed by atoms with Gasteiger partial charge in [0.25, 0.3) is 0 Å². The van der Waals surface area contributed by atoms with E-state index in [1.807, 2.05) is 0 Å². The Morgan fingerprint density at radius 3 is 2.35 bits per heavy atom. The summed E-state index contributed by atoms with van der Waals surface area (Å²) in [6, 6.07) is 6.34. The van der Waals surface area contributed by atoms with Crippen LogP contribution < -0.4 is 0 Å². The topological polar surface area (TPSA) is 63.6 Å². The van der Waals surface area contributed by atoms with Gasteiger partial charge in [0.2, 0.25) is 0 Å². The second-order valence-electron chi connectivity index (χ2n) is 8.00. The summed E-state index contributed by atoms with van der Waals surface area (Å²) >= 11 is 0. The largest absolute Gasteiger partial charge is 0.478 e. The Kier molecular flexibility index (Phi) is 2.46. The van der Waals surface area contributed by atoms with Crippen molar-refractivity contribution < 1.29 is 19.4 Å². The van der Waals surface area contributed by atoms with Gasteiger partial charge in [-0.1, -0.05) is 12.1 Å². The van der Waals surface area contributed by atoms with Gasteiger partial charge >= 0.3 is 11.9 Å². The van der Waals surface area contributed by atoms with Crippen molar-refractivity contribution in [3.05, 3.63) is 35.4 Å². The van der Waals surface area contributed by atoms with Gasteiger partial charge in [-0.3, -0.25) is 0 Å². The highest BCUT2D eigenvalue weighted by Crippen LogP contribution is 2.82. The highest BCUT2D eigenvalue weighted by Gasteiger charge is 2.76. The molecular formula is C19H20O4. The Hall–Kier alpha value is -1.84. The van der Waals surface area contributed by atoms with Crippen LogP contribution in [0.1, 0.15) is 59.2 Å². The molecule has 120 valence electrons. The molecule has 3 unspecified atom stereocenters. The molecule has 4 saturated carbocycles. The van der Waals surface area contributed by atoms with E-state index in [1.165, 1.54) is 38.2 Å². The minimum atomic E-state index is -1.08. The summed E-state index contributed by atoms with van der Waals surface area (Å²) in [6.07, 6.45) is 7.47. The van der Waals surface area contributed by atoms with E-state index >= 15 is 0 Å². The summed E-state index contributed by atoms with van der Waals surface area (Å²) in [6.45, 7) is 0. The van der Waals surface area contributed by atoms with Crippen LogP contribution in [0.25, 0.3) is 0 Å². The highest BCUT2D eigenvalue weighted by molar-refractivity contribution is 6.02. The van der Waals surface area contributed by atoms with Crippen molar-refractivity contribution in [2.75, 3.05) is 0 Å². The second kappa shape index (κ2) is 4.16. The predicted octanol–water partition coefficient (Wildman–Crippen LogP) is 3.51. The maximum Gasteiger partial charge on any atom is 0.339 e. The number of hydrogen-bond acceptors (Lipinski definition) is 3. The van der Waals surface area contributed by atoms with E-state index in [0.717, 1.165) is 12.3 Å². The van der Waals surface area contributed by atoms with Crippen LogP contribution in [-0.2, 0) is 4.74 Å². The van der Waals surface area contributed by atoms with Gasteiger partial charge in [0.1, 0.15) is 6.10 Å². The van der Waals surface area contributed by atoms with E-state index in [4.69, 9.17) is 4.74 Å². The first-order valence-corrected chi connectivity index (χ1v) is 8.59. The number of ether oxygens (including phenoxy) is 1. The van der Waals surface area contributed by atoms with Crippen LogP contribution in [0.15, 0.2) is 24.3 Å². The van der Waals surface area contributed by atoms with Gasteiger partial charge in [-0.2, -0.15) is 0 Å². The van der Waals surface area contributed by atoms with Gasteiger partial charge in [0.15, 0.2) is 0 Å². The van der Waals surface area contributed by atoms with Gasteiger partial charge < -0.3 is 9.84 Å². The fourth-order valence-corrected chi connectivity index (χ4v) is 5.89. The normalized spacial score (nSPS) is 33.8. The molecule has 0 amide bonds.